The molecule has 0 amide bonds. The number of carbonyl (C=O) groups excluding carboxylic acids is 1. The summed E-state index contributed by atoms with van der Waals surface area (Å²) in [5.41, 5.74) is 0. The average Bonchev–Trinajstić information content (AvgIpc) is 2.92. The number of hydrogen-bond acceptors (Lipinski definition) is 5. The Morgan fingerprint density at radius 2 is 2.15 bits per heavy atom. The molecule has 0 aliphatic rings. The maximum Gasteiger partial charge on any atom is 0.348 e. The monoisotopic (exact) mass is 299 g/mol. The second-order valence-corrected chi connectivity index (χ2v) is 6.00. The van der Waals surface area contributed by atoms with Crippen LogP contribution in [-0.2, 0) is 4.74 Å². The molecule has 0 saturated carbocycles. The first-order chi connectivity index (χ1) is 9.58. The molecule has 1 atom stereocenters. The van der Waals surface area contributed by atoms with Crippen LogP contribution < -0.4 is 0 Å². The van der Waals surface area contributed by atoms with Crippen LogP contribution in [0.3, 0.4) is 0 Å². The van der Waals surface area contributed by atoms with Gasteiger partial charge in [-0.05, 0) is 45.5 Å². The van der Waals surface area contributed by atoms with E-state index >= 15 is 0 Å². The molecular weight excluding hydrogens is 274 g/mol. The molecule has 1 heterocycles. The summed E-state index contributed by atoms with van der Waals surface area (Å²) < 4.78 is 4.95. The molecule has 0 saturated heterocycles. The SMILES string of the molecule is CCCCN(C)CCC(O)c1ccc(C(=O)OCC)s1. The first-order valence-corrected chi connectivity index (χ1v) is 8.03. The van der Waals surface area contributed by atoms with Crippen molar-refractivity contribution >= 4 is 17.3 Å². The minimum Gasteiger partial charge on any atom is -0.462 e. The van der Waals surface area contributed by atoms with E-state index < -0.39 is 6.10 Å². The third-order valence-electron chi connectivity index (χ3n) is 3.11. The Labute approximate surface area is 125 Å². The predicted octanol–water partition coefficient (Wildman–Crippen LogP) is 3.08. The summed E-state index contributed by atoms with van der Waals surface area (Å²) in [5.74, 6) is -0.309. The highest BCUT2D eigenvalue weighted by Crippen LogP contribution is 2.26. The Kier molecular flexibility index (Phi) is 7.80. The number of aliphatic hydroxyl groups excluding tert-OH is 1. The Morgan fingerprint density at radius 3 is 2.80 bits per heavy atom. The summed E-state index contributed by atoms with van der Waals surface area (Å²) in [6.45, 7) is 6.24. The normalized spacial score (nSPS) is 12.7. The lowest BCUT2D eigenvalue weighted by Crippen LogP contribution is -2.22. The highest BCUT2D eigenvalue weighted by Gasteiger charge is 2.15. The molecule has 0 bridgehead atoms. The van der Waals surface area contributed by atoms with Crippen molar-refractivity contribution in [2.75, 3.05) is 26.7 Å². The molecule has 1 aromatic heterocycles. The third kappa shape index (κ3) is 5.61. The van der Waals surface area contributed by atoms with Crippen LogP contribution in [0.25, 0.3) is 0 Å². The summed E-state index contributed by atoms with van der Waals surface area (Å²) in [6, 6.07) is 3.54. The summed E-state index contributed by atoms with van der Waals surface area (Å²) in [6.07, 6.45) is 2.54. The maximum absolute atomic E-state index is 11.6. The van der Waals surface area contributed by atoms with Crippen molar-refractivity contribution in [2.45, 2.75) is 39.2 Å². The second-order valence-electron chi connectivity index (χ2n) is 4.88. The van der Waals surface area contributed by atoms with Gasteiger partial charge >= 0.3 is 5.97 Å². The van der Waals surface area contributed by atoms with E-state index in [2.05, 4.69) is 18.9 Å². The molecule has 0 aromatic carbocycles. The Hall–Kier alpha value is -0.910. The van der Waals surface area contributed by atoms with Crippen LogP contribution in [0.5, 0.6) is 0 Å². The van der Waals surface area contributed by atoms with Crippen LogP contribution in [0, 0.1) is 0 Å². The molecule has 1 aromatic rings. The van der Waals surface area contributed by atoms with Gasteiger partial charge in [-0.3, -0.25) is 0 Å². The van der Waals surface area contributed by atoms with E-state index in [1.807, 2.05) is 6.07 Å². The average molecular weight is 299 g/mol. The standard InChI is InChI=1S/C15H25NO3S/c1-4-6-10-16(3)11-9-12(17)13-7-8-14(20-13)15(18)19-5-2/h7-8,12,17H,4-6,9-11H2,1-3H3. The largest absolute Gasteiger partial charge is 0.462 e. The first kappa shape index (κ1) is 17.1. The van der Waals surface area contributed by atoms with E-state index in [0.717, 1.165) is 18.0 Å². The molecule has 1 unspecified atom stereocenters. The molecule has 1 N–H and O–H groups in total. The highest BCUT2D eigenvalue weighted by molar-refractivity contribution is 7.14. The molecule has 4 nitrogen and oxygen atoms in total. The Morgan fingerprint density at radius 1 is 1.40 bits per heavy atom. The topological polar surface area (TPSA) is 49.8 Å². The number of esters is 1. The van der Waals surface area contributed by atoms with E-state index in [-0.39, 0.29) is 5.97 Å². The van der Waals surface area contributed by atoms with Crippen LogP contribution in [0.1, 0.15) is 53.8 Å². The van der Waals surface area contributed by atoms with Gasteiger partial charge in [-0.2, -0.15) is 0 Å². The van der Waals surface area contributed by atoms with E-state index in [4.69, 9.17) is 4.74 Å². The van der Waals surface area contributed by atoms with E-state index in [1.165, 1.54) is 24.2 Å². The van der Waals surface area contributed by atoms with Crippen molar-refractivity contribution in [2.24, 2.45) is 0 Å². The Balaban J connectivity index is 2.43. The molecule has 0 aliphatic carbocycles. The number of carbonyl (C=O) groups is 1. The summed E-state index contributed by atoms with van der Waals surface area (Å²) in [7, 11) is 2.07. The molecule has 20 heavy (non-hydrogen) atoms. The van der Waals surface area contributed by atoms with Crippen molar-refractivity contribution < 1.29 is 14.6 Å². The lowest BCUT2D eigenvalue weighted by molar-refractivity contribution is 0.0532. The summed E-state index contributed by atoms with van der Waals surface area (Å²) in [5, 5.41) is 10.2. The van der Waals surface area contributed by atoms with Gasteiger partial charge in [0, 0.05) is 11.4 Å². The lowest BCUT2D eigenvalue weighted by atomic mass is 10.2. The highest BCUT2D eigenvalue weighted by atomic mass is 32.1. The minimum atomic E-state index is -0.507. The zero-order chi connectivity index (χ0) is 15.0. The number of hydrogen-bond donors (Lipinski definition) is 1. The van der Waals surface area contributed by atoms with E-state index in [1.54, 1.807) is 13.0 Å². The van der Waals surface area contributed by atoms with Gasteiger partial charge < -0.3 is 14.7 Å². The quantitative estimate of drug-likeness (QED) is 0.712. The molecule has 5 heteroatoms. The summed E-state index contributed by atoms with van der Waals surface area (Å²) >= 11 is 1.32. The molecule has 114 valence electrons. The minimum absolute atomic E-state index is 0.309. The lowest BCUT2D eigenvalue weighted by Gasteiger charge is -2.17. The fourth-order valence-electron chi connectivity index (χ4n) is 1.87. The van der Waals surface area contributed by atoms with Gasteiger partial charge in [0.05, 0.1) is 12.7 Å². The number of unbranched alkanes of at least 4 members (excludes halogenated alkanes) is 1. The number of aliphatic hydroxyl groups is 1. The smallest absolute Gasteiger partial charge is 0.348 e. The van der Waals surface area contributed by atoms with Crippen molar-refractivity contribution in [3.8, 4) is 0 Å². The first-order valence-electron chi connectivity index (χ1n) is 7.21. The van der Waals surface area contributed by atoms with Crippen LogP contribution in [0.2, 0.25) is 0 Å². The van der Waals surface area contributed by atoms with E-state index in [9.17, 15) is 9.90 Å². The second kappa shape index (κ2) is 9.10. The van der Waals surface area contributed by atoms with E-state index in [0.29, 0.717) is 17.9 Å². The van der Waals surface area contributed by atoms with Gasteiger partial charge in [-0.1, -0.05) is 13.3 Å². The molecule has 0 spiro atoms. The molecule has 0 radical (unpaired) electrons. The van der Waals surface area contributed by atoms with Crippen LogP contribution in [0.15, 0.2) is 12.1 Å². The fourth-order valence-corrected chi connectivity index (χ4v) is 2.79. The van der Waals surface area contributed by atoms with Crippen molar-refractivity contribution in [3.63, 3.8) is 0 Å². The van der Waals surface area contributed by atoms with Crippen molar-refractivity contribution in [3.05, 3.63) is 21.9 Å². The van der Waals surface area contributed by atoms with Gasteiger partial charge in [0.2, 0.25) is 0 Å². The van der Waals surface area contributed by atoms with Gasteiger partial charge in [0.25, 0.3) is 0 Å². The number of rotatable bonds is 9. The van der Waals surface area contributed by atoms with Gasteiger partial charge in [0.1, 0.15) is 4.88 Å². The zero-order valence-corrected chi connectivity index (χ0v) is 13.4. The third-order valence-corrected chi connectivity index (χ3v) is 4.28. The van der Waals surface area contributed by atoms with Crippen LogP contribution in [-0.4, -0.2) is 42.7 Å². The van der Waals surface area contributed by atoms with Crippen LogP contribution >= 0.6 is 11.3 Å². The number of nitrogens with zero attached hydrogens (tertiary/aromatic N) is 1. The van der Waals surface area contributed by atoms with Gasteiger partial charge in [-0.25, -0.2) is 4.79 Å². The van der Waals surface area contributed by atoms with Gasteiger partial charge in [0.15, 0.2) is 0 Å². The molecule has 0 aliphatic heterocycles. The maximum atomic E-state index is 11.6. The van der Waals surface area contributed by atoms with Crippen molar-refractivity contribution in [1.29, 1.82) is 0 Å². The number of thiophene rings is 1. The fraction of sp³-hybridized carbons (Fsp3) is 0.667. The van der Waals surface area contributed by atoms with Gasteiger partial charge in [-0.15, -0.1) is 11.3 Å². The molecule has 0 fully saturated rings. The predicted molar refractivity (Wildman–Crippen MR) is 82.3 cm³/mol. The van der Waals surface area contributed by atoms with Crippen molar-refractivity contribution in [1.82, 2.24) is 4.90 Å². The zero-order valence-electron chi connectivity index (χ0n) is 12.6. The number of ether oxygens (including phenoxy) is 1. The summed E-state index contributed by atoms with van der Waals surface area (Å²) in [4.78, 5) is 15.2. The Bertz CT molecular complexity index is 406. The molecule has 1 rings (SSSR count). The van der Waals surface area contributed by atoms with Crippen LogP contribution in [0.4, 0.5) is 0 Å². The molecular formula is C15H25NO3S.